The van der Waals surface area contributed by atoms with Crippen LogP contribution in [-0.4, -0.2) is 36.2 Å². The Morgan fingerprint density at radius 2 is 2.40 bits per heavy atom. The maximum atomic E-state index is 12.3. The van der Waals surface area contributed by atoms with Gasteiger partial charge in [0.25, 0.3) is 5.91 Å². The van der Waals surface area contributed by atoms with Gasteiger partial charge in [0.15, 0.2) is 0 Å². The first kappa shape index (κ1) is 15.1. The highest BCUT2D eigenvalue weighted by Gasteiger charge is 2.22. The third kappa shape index (κ3) is 3.84. The molecule has 1 aromatic heterocycles. The summed E-state index contributed by atoms with van der Waals surface area (Å²) in [4.78, 5) is 16.4. The standard InChI is InChI=1S/C14H20ClN3O2/c1-3-16-13-7-11(12(15)8-17-13)14(19)18-10-4-5-20-9(2)6-10/h7-10H,3-6H2,1-2H3,(H,16,17)(H,18,19). The molecular weight excluding hydrogens is 278 g/mol. The van der Waals surface area contributed by atoms with Gasteiger partial charge in [0.1, 0.15) is 5.82 Å². The summed E-state index contributed by atoms with van der Waals surface area (Å²) in [6, 6.07) is 1.82. The van der Waals surface area contributed by atoms with Gasteiger partial charge in [-0.15, -0.1) is 0 Å². The van der Waals surface area contributed by atoms with E-state index in [2.05, 4.69) is 15.6 Å². The van der Waals surface area contributed by atoms with E-state index >= 15 is 0 Å². The molecule has 0 aromatic carbocycles. The van der Waals surface area contributed by atoms with Gasteiger partial charge in [0.05, 0.1) is 16.7 Å². The highest BCUT2D eigenvalue weighted by Crippen LogP contribution is 2.19. The molecule has 0 bridgehead atoms. The molecule has 2 heterocycles. The molecule has 20 heavy (non-hydrogen) atoms. The second-order valence-electron chi connectivity index (χ2n) is 4.96. The summed E-state index contributed by atoms with van der Waals surface area (Å²) < 4.78 is 5.47. The van der Waals surface area contributed by atoms with Crippen molar-refractivity contribution in [2.24, 2.45) is 0 Å². The Hall–Kier alpha value is -1.33. The number of rotatable bonds is 4. The number of pyridine rings is 1. The summed E-state index contributed by atoms with van der Waals surface area (Å²) in [5.74, 6) is 0.498. The zero-order valence-corrected chi connectivity index (χ0v) is 12.5. The fourth-order valence-corrected chi connectivity index (χ4v) is 2.47. The molecule has 2 unspecified atom stereocenters. The molecule has 2 rings (SSSR count). The molecule has 1 amide bonds. The van der Waals surface area contributed by atoms with Crippen LogP contribution in [0.2, 0.25) is 5.02 Å². The van der Waals surface area contributed by atoms with Crippen molar-refractivity contribution in [1.82, 2.24) is 10.3 Å². The average Bonchev–Trinajstić information content (AvgIpc) is 2.41. The fraction of sp³-hybridized carbons (Fsp3) is 0.571. The predicted octanol–water partition coefficient (Wildman–Crippen LogP) is 2.46. The Labute approximate surface area is 124 Å². The first-order chi connectivity index (χ1) is 9.60. The Morgan fingerprint density at radius 1 is 1.60 bits per heavy atom. The van der Waals surface area contributed by atoms with E-state index in [1.807, 2.05) is 13.8 Å². The quantitative estimate of drug-likeness (QED) is 0.896. The minimum atomic E-state index is -0.157. The normalized spacial score (nSPS) is 22.4. The van der Waals surface area contributed by atoms with Crippen molar-refractivity contribution < 1.29 is 9.53 Å². The van der Waals surface area contributed by atoms with Crippen molar-refractivity contribution in [1.29, 1.82) is 0 Å². The van der Waals surface area contributed by atoms with E-state index in [1.165, 1.54) is 6.20 Å². The molecule has 110 valence electrons. The molecule has 0 saturated carbocycles. The molecular formula is C14H20ClN3O2. The van der Waals surface area contributed by atoms with Crippen molar-refractivity contribution in [3.8, 4) is 0 Å². The molecule has 1 fully saturated rings. The van der Waals surface area contributed by atoms with E-state index in [0.717, 1.165) is 19.4 Å². The number of hydrogen-bond donors (Lipinski definition) is 2. The van der Waals surface area contributed by atoms with E-state index in [9.17, 15) is 4.79 Å². The molecule has 6 heteroatoms. The third-order valence-corrected chi connectivity index (χ3v) is 3.58. The van der Waals surface area contributed by atoms with Crippen molar-refractivity contribution >= 4 is 23.3 Å². The zero-order chi connectivity index (χ0) is 14.5. The molecule has 2 atom stereocenters. The number of carbonyl (C=O) groups excluding carboxylic acids is 1. The summed E-state index contributed by atoms with van der Waals surface area (Å²) in [6.45, 7) is 5.41. The lowest BCUT2D eigenvalue weighted by Crippen LogP contribution is -2.41. The van der Waals surface area contributed by atoms with Crippen molar-refractivity contribution in [2.45, 2.75) is 38.8 Å². The van der Waals surface area contributed by atoms with Crippen LogP contribution in [0.5, 0.6) is 0 Å². The number of nitrogens with zero attached hydrogens (tertiary/aromatic N) is 1. The van der Waals surface area contributed by atoms with Crippen LogP contribution in [0, 0.1) is 0 Å². The highest BCUT2D eigenvalue weighted by atomic mass is 35.5. The van der Waals surface area contributed by atoms with E-state index in [4.69, 9.17) is 16.3 Å². The molecule has 1 saturated heterocycles. The molecule has 1 aliphatic heterocycles. The summed E-state index contributed by atoms with van der Waals surface area (Å²) in [6.07, 6.45) is 3.34. The Morgan fingerprint density at radius 3 is 3.10 bits per heavy atom. The van der Waals surface area contributed by atoms with Crippen LogP contribution in [-0.2, 0) is 4.74 Å². The number of anilines is 1. The van der Waals surface area contributed by atoms with Gasteiger partial charge in [-0.3, -0.25) is 4.79 Å². The van der Waals surface area contributed by atoms with E-state index in [0.29, 0.717) is 23.0 Å². The Kier molecular flexibility index (Phi) is 5.20. The summed E-state index contributed by atoms with van der Waals surface area (Å²) in [5, 5.41) is 6.45. The van der Waals surface area contributed by atoms with Gasteiger partial charge in [-0.25, -0.2) is 4.98 Å². The first-order valence-electron chi connectivity index (χ1n) is 6.92. The number of amides is 1. The van der Waals surface area contributed by atoms with Gasteiger partial charge in [0.2, 0.25) is 0 Å². The van der Waals surface area contributed by atoms with Crippen LogP contribution < -0.4 is 10.6 Å². The smallest absolute Gasteiger partial charge is 0.253 e. The van der Waals surface area contributed by atoms with Gasteiger partial charge >= 0.3 is 0 Å². The molecule has 0 spiro atoms. The van der Waals surface area contributed by atoms with Crippen LogP contribution in [0.1, 0.15) is 37.0 Å². The lowest BCUT2D eigenvalue weighted by molar-refractivity contribution is 0.0136. The van der Waals surface area contributed by atoms with Crippen molar-refractivity contribution in [2.75, 3.05) is 18.5 Å². The molecule has 1 aliphatic rings. The minimum Gasteiger partial charge on any atom is -0.378 e. The topological polar surface area (TPSA) is 63.2 Å². The van der Waals surface area contributed by atoms with Gasteiger partial charge in [-0.2, -0.15) is 0 Å². The number of nitrogens with one attached hydrogen (secondary N) is 2. The molecule has 1 aromatic rings. The minimum absolute atomic E-state index is 0.137. The van der Waals surface area contributed by atoms with Crippen LogP contribution in [0.3, 0.4) is 0 Å². The third-order valence-electron chi connectivity index (χ3n) is 3.28. The lowest BCUT2D eigenvalue weighted by Gasteiger charge is -2.28. The second-order valence-corrected chi connectivity index (χ2v) is 5.36. The monoisotopic (exact) mass is 297 g/mol. The van der Waals surface area contributed by atoms with Crippen LogP contribution >= 0.6 is 11.6 Å². The average molecular weight is 298 g/mol. The fourth-order valence-electron chi connectivity index (χ4n) is 2.28. The molecule has 0 radical (unpaired) electrons. The summed E-state index contributed by atoms with van der Waals surface area (Å²) >= 11 is 6.06. The van der Waals surface area contributed by atoms with E-state index in [1.54, 1.807) is 6.07 Å². The van der Waals surface area contributed by atoms with Gasteiger partial charge in [0, 0.05) is 25.4 Å². The van der Waals surface area contributed by atoms with Crippen LogP contribution in [0.25, 0.3) is 0 Å². The Balaban J connectivity index is 2.06. The number of halogens is 1. The molecule has 2 N–H and O–H groups in total. The van der Waals surface area contributed by atoms with E-state index in [-0.39, 0.29) is 18.1 Å². The highest BCUT2D eigenvalue weighted by molar-refractivity contribution is 6.33. The second kappa shape index (κ2) is 6.90. The Bertz CT molecular complexity index is 481. The first-order valence-corrected chi connectivity index (χ1v) is 7.29. The summed E-state index contributed by atoms with van der Waals surface area (Å²) in [7, 11) is 0. The number of carbonyl (C=O) groups is 1. The van der Waals surface area contributed by atoms with Gasteiger partial charge in [-0.05, 0) is 32.8 Å². The van der Waals surface area contributed by atoms with Crippen molar-refractivity contribution in [3.05, 3.63) is 22.8 Å². The lowest BCUT2D eigenvalue weighted by atomic mass is 10.0. The number of hydrogen-bond acceptors (Lipinski definition) is 4. The number of aromatic nitrogens is 1. The van der Waals surface area contributed by atoms with Gasteiger partial charge in [-0.1, -0.05) is 11.6 Å². The zero-order valence-electron chi connectivity index (χ0n) is 11.8. The van der Waals surface area contributed by atoms with E-state index < -0.39 is 0 Å². The van der Waals surface area contributed by atoms with Gasteiger partial charge < -0.3 is 15.4 Å². The van der Waals surface area contributed by atoms with Crippen LogP contribution in [0.15, 0.2) is 12.3 Å². The predicted molar refractivity (Wildman–Crippen MR) is 79.3 cm³/mol. The van der Waals surface area contributed by atoms with Crippen molar-refractivity contribution in [3.63, 3.8) is 0 Å². The molecule has 0 aliphatic carbocycles. The summed E-state index contributed by atoms with van der Waals surface area (Å²) in [5.41, 5.74) is 0.455. The SMILES string of the molecule is CCNc1cc(C(=O)NC2CCOC(C)C2)c(Cl)cn1. The maximum absolute atomic E-state index is 12.3. The maximum Gasteiger partial charge on any atom is 0.253 e. The van der Waals surface area contributed by atoms with Crippen LogP contribution in [0.4, 0.5) is 5.82 Å². The number of ether oxygens (including phenoxy) is 1. The molecule has 5 nitrogen and oxygen atoms in total. The largest absolute Gasteiger partial charge is 0.378 e.